The van der Waals surface area contributed by atoms with Crippen molar-refractivity contribution in [3.8, 4) is 0 Å². The summed E-state index contributed by atoms with van der Waals surface area (Å²) in [6.07, 6.45) is 0.382. The minimum Gasteiger partial charge on any atom is -0.479 e. The minimum absolute atomic E-state index is 0.0905. The standard InChI is InChI=1S/C8H10N2O3S/c1-4-3-14(9)6-2-5(11)10(6)7(4)8(12)13/h3,6-7H,2,9H2,1H3/p+1/t6-,7-,14?/m1/s1. The molecule has 0 saturated carbocycles. The lowest BCUT2D eigenvalue weighted by Gasteiger charge is -2.42. The Labute approximate surface area is 84.0 Å². The van der Waals surface area contributed by atoms with E-state index in [1.54, 1.807) is 12.3 Å². The van der Waals surface area contributed by atoms with Gasteiger partial charge in [0.1, 0.15) is 16.5 Å². The molecule has 0 aromatic rings. The van der Waals surface area contributed by atoms with Crippen molar-refractivity contribution in [3.05, 3.63) is 11.0 Å². The Kier molecular flexibility index (Phi) is 2.04. The molecule has 0 bridgehead atoms. The molecule has 2 heterocycles. The maximum absolute atomic E-state index is 11.3. The molecule has 0 spiro atoms. The molecule has 1 saturated heterocycles. The third-order valence-electron chi connectivity index (χ3n) is 2.53. The highest BCUT2D eigenvalue weighted by Crippen LogP contribution is 2.34. The van der Waals surface area contributed by atoms with E-state index in [0.717, 1.165) is 0 Å². The van der Waals surface area contributed by atoms with Crippen LogP contribution in [-0.2, 0) is 20.7 Å². The third-order valence-corrected chi connectivity index (χ3v) is 4.19. The Morgan fingerprint density at radius 3 is 2.93 bits per heavy atom. The lowest BCUT2D eigenvalue weighted by atomic mass is 10.0. The van der Waals surface area contributed by atoms with Gasteiger partial charge in [0.2, 0.25) is 11.3 Å². The van der Waals surface area contributed by atoms with Crippen LogP contribution in [0.2, 0.25) is 0 Å². The first-order chi connectivity index (χ1) is 6.52. The molecular weight excluding hydrogens is 204 g/mol. The number of amides is 1. The van der Waals surface area contributed by atoms with E-state index < -0.39 is 23.1 Å². The fraction of sp³-hybridized carbons (Fsp3) is 0.500. The van der Waals surface area contributed by atoms with Crippen LogP contribution >= 0.6 is 0 Å². The normalized spacial score (nSPS) is 35.9. The van der Waals surface area contributed by atoms with E-state index >= 15 is 0 Å². The van der Waals surface area contributed by atoms with Gasteiger partial charge in [-0.25, -0.2) is 4.79 Å². The second kappa shape index (κ2) is 2.99. The summed E-state index contributed by atoms with van der Waals surface area (Å²) in [5.41, 5.74) is 0.660. The van der Waals surface area contributed by atoms with Crippen LogP contribution in [0.4, 0.5) is 0 Å². The number of rotatable bonds is 1. The summed E-state index contributed by atoms with van der Waals surface area (Å²) in [4.78, 5) is 23.6. The summed E-state index contributed by atoms with van der Waals surface area (Å²) < 4.78 is 0. The van der Waals surface area contributed by atoms with Crippen molar-refractivity contribution in [1.29, 1.82) is 0 Å². The van der Waals surface area contributed by atoms with E-state index in [1.165, 1.54) is 4.90 Å². The highest BCUT2D eigenvalue weighted by molar-refractivity contribution is 7.98. The number of aliphatic carboxylic acids is 1. The lowest BCUT2D eigenvalue weighted by Crippen LogP contribution is -2.65. The molecule has 76 valence electrons. The summed E-state index contributed by atoms with van der Waals surface area (Å²) in [5, 5.41) is 16.4. The lowest BCUT2D eigenvalue weighted by molar-refractivity contribution is -0.156. The van der Waals surface area contributed by atoms with Crippen LogP contribution in [0.5, 0.6) is 0 Å². The number of hydrogen-bond acceptors (Lipinski definition) is 3. The van der Waals surface area contributed by atoms with Gasteiger partial charge in [0.05, 0.1) is 6.42 Å². The molecule has 2 rings (SSSR count). The van der Waals surface area contributed by atoms with Gasteiger partial charge in [0, 0.05) is 5.57 Å². The first-order valence-corrected chi connectivity index (χ1v) is 5.62. The Balaban J connectivity index is 2.35. The monoisotopic (exact) mass is 215 g/mol. The topological polar surface area (TPSA) is 83.6 Å². The van der Waals surface area contributed by atoms with Crippen molar-refractivity contribution in [1.82, 2.24) is 4.90 Å². The zero-order valence-electron chi connectivity index (χ0n) is 7.64. The average Bonchev–Trinajstić information content (AvgIpc) is 2.07. The molecule has 14 heavy (non-hydrogen) atoms. The fourth-order valence-electron chi connectivity index (χ4n) is 1.83. The molecule has 6 heteroatoms. The molecule has 0 aromatic carbocycles. The SMILES string of the molecule is CC1=C[S+](N)[C@@H]2CC(=O)N2[C@H]1C(=O)O. The molecule has 1 fully saturated rings. The molecule has 2 aliphatic heterocycles. The van der Waals surface area contributed by atoms with E-state index in [2.05, 4.69) is 0 Å². The van der Waals surface area contributed by atoms with E-state index in [1.807, 2.05) is 0 Å². The van der Waals surface area contributed by atoms with Crippen LogP contribution < -0.4 is 5.14 Å². The largest absolute Gasteiger partial charge is 0.479 e. The number of carbonyl (C=O) groups is 2. The Morgan fingerprint density at radius 2 is 2.43 bits per heavy atom. The zero-order valence-corrected chi connectivity index (χ0v) is 8.45. The predicted octanol–water partition coefficient (Wildman–Crippen LogP) is -0.593. The highest BCUT2D eigenvalue weighted by atomic mass is 32.2. The van der Waals surface area contributed by atoms with Crippen molar-refractivity contribution >= 4 is 23.0 Å². The number of hydrogen-bond donors (Lipinski definition) is 2. The van der Waals surface area contributed by atoms with Crippen molar-refractivity contribution in [2.45, 2.75) is 24.8 Å². The van der Waals surface area contributed by atoms with Crippen molar-refractivity contribution in [2.75, 3.05) is 0 Å². The Morgan fingerprint density at radius 1 is 1.79 bits per heavy atom. The predicted molar refractivity (Wildman–Crippen MR) is 52.0 cm³/mol. The summed E-state index contributed by atoms with van der Waals surface area (Å²) in [6, 6.07) is -0.798. The number of fused-ring (bicyclic) bond motifs is 1. The van der Waals surface area contributed by atoms with Gasteiger partial charge in [-0.15, -0.1) is 5.14 Å². The van der Waals surface area contributed by atoms with Gasteiger partial charge < -0.3 is 5.11 Å². The molecule has 2 aliphatic rings. The average molecular weight is 215 g/mol. The number of β-lactam (4-membered cyclic amide) rings is 1. The van der Waals surface area contributed by atoms with Gasteiger partial charge in [-0.1, -0.05) is 0 Å². The van der Waals surface area contributed by atoms with Gasteiger partial charge in [0.25, 0.3) is 0 Å². The number of nitrogens with two attached hydrogens (primary N) is 1. The highest BCUT2D eigenvalue weighted by Gasteiger charge is 2.55. The zero-order chi connectivity index (χ0) is 10.5. The first kappa shape index (κ1) is 9.54. The third kappa shape index (κ3) is 1.14. The van der Waals surface area contributed by atoms with E-state index in [9.17, 15) is 9.59 Å². The summed E-state index contributed by atoms with van der Waals surface area (Å²) in [5.74, 6) is -1.09. The molecule has 0 aliphatic carbocycles. The Bertz CT molecular complexity index is 341. The second-order valence-corrected chi connectivity index (χ2v) is 5.07. The maximum Gasteiger partial charge on any atom is 0.331 e. The van der Waals surface area contributed by atoms with E-state index in [4.69, 9.17) is 10.2 Å². The molecule has 0 aromatic heterocycles. The molecular formula is C8H11N2O3S+. The summed E-state index contributed by atoms with van der Waals surface area (Å²) >= 11 is -0.487. The van der Waals surface area contributed by atoms with Gasteiger partial charge in [-0.3, -0.25) is 9.69 Å². The van der Waals surface area contributed by atoms with Crippen molar-refractivity contribution < 1.29 is 14.7 Å². The van der Waals surface area contributed by atoms with Crippen LogP contribution in [0.1, 0.15) is 13.3 Å². The van der Waals surface area contributed by atoms with Crippen LogP contribution in [-0.4, -0.2) is 33.3 Å². The molecule has 5 nitrogen and oxygen atoms in total. The van der Waals surface area contributed by atoms with E-state index in [0.29, 0.717) is 12.0 Å². The molecule has 3 N–H and O–H groups in total. The smallest absolute Gasteiger partial charge is 0.331 e. The number of carboxylic acid groups (broad SMARTS) is 1. The fourth-order valence-corrected chi connectivity index (χ4v) is 3.38. The van der Waals surface area contributed by atoms with Gasteiger partial charge in [-0.05, 0) is 6.92 Å². The van der Waals surface area contributed by atoms with Crippen LogP contribution in [0.15, 0.2) is 11.0 Å². The number of nitrogens with zero attached hydrogens (tertiary/aromatic N) is 1. The second-order valence-electron chi connectivity index (χ2n) is 3.47. The van der Waals surface area contributed by atoms with Crippen LogP contribution in [0, 0.1) is 0 Å². The molecule has 1 amide bonds. The van der Waals surface area contributed by atoms with Gasteiger partial charge >= 0.3 is 5.97 Å². The molecule has 3 atom stereocenters. The van der Waals surface area contributed by atoms with Crippen molar-refractivity contribution in [3.63, 3.8) is 0 Å². The van der Waals surface area contributed by atoms with Crippen molar-refractivity contribution in [2.24, 2.45) is 5.14 Å². The number of carbonyl (C=O) groups excluding carboxylic acids is 1. The van der Waals surface area contributed by atoms with E-state index in [-0.39, 0.29) is 11.3 Å². The Hall–Kier alpha value is -1.01. The molecule has 0 radical (unpaired) electrons. The van der Waals surface area contributed by atoms with Crippen LogP contribution in [0.25, 0.3) is 0 Å². The first-order valence-electron chi connectivity index (χ1n) is 4.21. The maximum atomic E-state index is 11.3. The quantitative estimate of drug-likeness (QED) is 0.452. The molecule has 1 unspecified atom stereocenters. The number of carboxylic acids is 1. The summed E-state index contributed by atoms with van der Waals surface area (Å²) in [6.45, 7) is 1.70. The van der Waals surface area contributed by atoms with Crippen LogP contribution in [0.3, 0.4) is 0 Å². The van der Waals surface area contributed by atoms with Gasteiger partial charge in [0.15, 0.2) is 6.04 Å². The summed E-state index contributed by atoms with van der Waals surface area (Å²) in [7, 11) is 0. The minimum atomic E-state index is -0.978. The van der Waals surface area contributed by atoms with Gasteiger partial charge in [-0.2, -0.15) is 0 Å².